The van der Waals surface area contributed by atoms with E-state index in [1.54, 1.807) is 11.3 Å². The second-order valence-electron chi connectivity index (χ2n) is 4.92. The average Bonchev–Trinajstić information content (AvgIpc) is 2.89. The first-order chi connectivity index (χ1) is 9.69. The van der Waals surface area contributed by atoms with Crippen molar-refractivity contribution in [3.05, 3.63) is 41.3 Å². The van der Waals surface area contributed by atoms with Crippen LogP contribution in [0.3, 0.4) is 0 Å². The minimum absolute atomic E-state index is 0.798. The van der Waals surface area contributed by atoms with Crippen molar-refractivity contribution in [1.29, 1.82) is 0 Å². The number of hydrogen-bond acceptors (Lipinski definition) is 4. The Morgan fingerprint density at radius 3 is 2.50 bits per heavy atom. The van der Waals surface area contributed by atoms with E-state index >= 15 is 0 Å². The molecule has 3 aromatic rings. The fourth-order valence-electron chi connectivity index (χ4n) is 2.19. The van der Waals surface area contributed by atoms with Gasteiger partial charge >= 0.3 is 0 Å². The molecular weight excluding hydrogens is 266 g/mol. The Balaban J connectivity index is 2.25. The number of fused-ring (bicyclic) bond motifs is 1. The largest absolute Gasteiger partial charge is 0.362 e. The quantitative estimate of drug-likeness (QED) is 0.728. The van der Waals surface area contributed by atoms with Gasteiger partial charge in [0.1, 0.15) is 10.6 Å². The Kier molecular flexibility index (Phi) is 3.40. The van der Waals surface area contributed by atoms with Crippen LogP contribution in [0.15, 0.2) is 36.4 Å². The van der Waals surface area contributed by atoms with Gasteiger partial charge in [0.05, 0.1) is 5.39 Å². The number of nitrogens with zero attached hydrogens (tertiary/aromatic N) is 3. The van der Waals surface area contributed by atoms with E-state index < -0.39 is 0 Å². The van der Waals surface area contributed by atoms with Gasteiger partial charge in [-0.1, -0.05) is 37.3 Å². The Labute approximate surface area is 122 Å². The highest BCUT2D eigenvalue weighted by atomic mass is 32.1. The lowest BCUT2D eigenvalue weighted by atomic mass is 10.2. The van der Waals surface area contributed by atoms with Crippen LogP contribution < -0.4 is 4.90 Å². The van der Waals surface area contributed by atoms with Crippen molar-refractivity contribution in [3.8, 4) is 11.4 Å². The zero-order chi connectivity index (χ0) is 14.1. The lowest BCUT2D eigenvalue weighted by Crippen LogP contribution is -2.11. The molecule has 0 radical (unpaired) electrons. The summed E-state index contributed by atoms with van der Waals surface area (Å²) in [4.78, 5) is 14.0. The van der Waals surface area contributed by atoms with Gasteiger partial charge in [0.15, 0.2) is 5.82 Å². The number of thiophene rings is 1. The van der Waals surface area contributed by atoms with Gasteiger partial charge in [0.2, 0.25) is 0 Å². The second-order valence-corrected chi connectivity index (χ2v) is 6.03. The van der Waals surface area contributed by atoms with Crippen LogP contribution in [0.2, 0.25) is 0 Å². The lowest BCUT2D eigenvalue weighted by molar-refractivity contribution is 1.07. The molecule has 1 aromatic carbocycles. The van der Waals surface area contributed by atoms with Crippen LogP contribution in [0.5, 0.6) is 0 Å². The predicted octanol–water partition coefficient (Wildman–Crippen LogP) is 3.99. The summed E-state index contributed by atoms with van der Waals surface area (Å²) in [5.41, 5.74) is 1.06. The van der Waals surface area contributed by atoms with Crippen LogP contribution in [0.1, 0.15) is 11.8 Å². The van der Waals surface area contributed by atoms with Crippen molar-refractivity contribution < 1.29 is 0 Å². The van der Waals surface area contributed by atoms with Crippen molar-refractivity contribution in [3.63, 3.8) is 0 Å². The summed E-state index contributed by atoms with van der Waals surface area (Å²) < 4.78 is 0. The predicted molar refractivity (Wildman–Crippen MR) is 86.6 cm³/mol. The summed E-state index contributed by atoms with van der Waals surface area (Å²) in [6.45, 7) is 2.17. The summed E-state index contributed by atoms with van der Waals surface area (Å²) in [6.07, 6.45) is 1.04. The molecule has 0 bridgehead atoms. The molecule has 0 aliphatic carbocycles. The third-order valence-electron chi connectivity index (χ3n) is 3.23. The molecule has 3 nitrogen and oxygen atoms in total. The van der Waals surface area contributed by atoms with E-state index in [1.807, 2.05) is 32.3 Å². The van der Waals surface area contributed by atoms with E-state index in [0.29, 0.717) is 0 Å². The molecule has 0 spiro atoms. The van der Waals surface area contributed by atoms with Gasteiger partial charge in [-0.15, -0.1) is 11.3 Å². The molecule has 0 fully saturated rings. The first kappa shape index (κ1) is 13.1. The molecule has 0 saturated carbocycles. The van der Waals surface area contributed by atoms with Crippen molar-refractivity contribution in [2.75, 3.05) is 19.0 Å². The molecule has 0 aliphatic rings. The van der Waals surface area contributed by atoms with Crippen molar-refractivity contribution in [2.24, 2.45) is 0 Å². The highest BCUT2D eigenvalue weighted by Crippen LogP contribution is 2.32. The molecule has 3 rings (SSSR count). The molecule has 102 valence electrons. The number of benzene rings is 1. The number of anilines is 1. The summed E-state index contributed by atoms with van der Waals surface area (Å²) in [5, 5.41) is 1.15. The van der Waals surface area contributed by atoms with E-state index in [2.05, 4.69) is 30.0 Å². The average molecular weight is 283 g/mol. The first-order valence-corrected chi connectivity index (χ1v) is 7.54. The van der Waals surface area contributed by atoms with Crippen LogP contribution in [-0.2, 0) is 6.42 Å². The van der Waals surface area contributed by atoms with Crippen molar-refractivity contribution in [2.45, 2.75) is 13.3 Å². The minimum Gasteiger partial charge on any atom is -0.362 e. The van der Waals surface area contributed by atoms with Crippen molar-refractivity contribution >= 4 is 27.4 Å². The van der Waals surface area contributed by atoms with Gasteiger partial charge < -0.3 is 4.90 Å². The Morgan fingerprint density at radius 2 is 1.85 bits per heavy atom. The Bertz CT molecular complexity index is 732. The maximum Gasteiger partial charge on any atom is 0.163 e. The standard InChI is InChI=1S/C16H17N3S/c1-4-12-10-13-15(19(2)3)17-14(18-16(13)20-12)11-8-6-5-7-9-11/h5-10H,4H2,1-3H3. The van der Waals surface area contributed by atoms with Gasteiger partial charge in [-0.2, -0.15) is 0 Å². The summed E-state index contributed by atoms with van der Waals surface area (Å²) in [6, 6.07) is 12.4. The third kappa shape index (κ3) is 2.27. The zero-order valence-electron chi connectivity index (χ0n) is 11.9. The van der Waals surface area contributed by atoms with Crippen LogP contribution in [0, 0.1) is 0 Å². The fraction of sp³-hybridized carbons (Fsp3) is 0.250. The van der Waals surface area contributed by atoms with Gasteiger partial charge in [-0.05, 0) is 12.5 Å². The maximum atomic E-state index is 4.74. The number of aromatic nitrogens is 2. The van der Waals surface area contributed by atoms with E-state index in [9.17, 15) is 0 Å². The molecule has 0 N–H and O–H groups in total. The van der Waals surface area contributed by atoms with Gasteiger partial charge in [-0.25, -0.2) is 9.97 Å². The molecule has 0 aliphatic heterocycles. The third-order valence-corrected chi connectivity index (χ3v) is 4.40. The normalized spacial score (nSPS) is 10.9. The molecule has 0 amide bonds. The van der Waals surface area contributed by atoms with E-state index in [4.69, 9.17) is 9.97 Å². The van der Waals surface area contributed by atoms with E-state index in [0.717, 1.165) is 33.8 Å². The molecule has 0 saturated heterocycles. The minimum atomic E-state index is 0.798. The summed E-state index contributed by atoms with van der Waals surface area (Å²) >= 11 is 1.76. The lowest BCUT2D eigenvalue weighted by Gasteiger charge is -2.13. The molecule has 4 heteroatoms. The van der Waals surface area contributed by atoms with Gasteiger partial charge in [-0.3, -0.25) is 0 Å². The Morgan fingerprint density at radius 1 is 1.10 bits per heavy atom. The molecule has 2 aromatic heterocycles. The molecule has 20 heavy (non-hydrogen) atoms. The van der Waals surface area contributed by atoms with Crippen LogP contribution >= 0.6 is 11.3 Å². The van der Waals surface area contributed by atoms with E-state index in [-0.39, 0.29) is 0 Å². The maximum absolute atomic E-state index is 4.74. The topological polar surface area (TPSA) is 29.0 Å². The monoisotopic (exact) mass is 283 g/mol. The van der Waals surface area contributed by atoms with Gasteiger partial charge in [0, 0.05) is 24.5 Å². The first-order valence-electron chi connectivity index (χ1n) is 6.72. The Hall–Kier alpha value is -1.94. The molecule has 2 heterocycles. The van der Waals surface area contributed by atoms with E-state index in [1.165, 1.54) is 4.88 Å². The second kappa shape index (κ2) is 5.21. The highest BCUT2D eigenvalue weighted by molar-refractivity contribution is 7.18. The van der Waals surface area contributed by atoms with Crippen molar-refractivity contribution in [1.82, 2.24) is 9.97 Å². The summed E-state index contributed by atoms with van der Waals surface area (Å²) in [5.74, 6) is 1.79. The number of aryl methyl sites for hydroxylation is 1. The number of hydrogen-bond donors (Lipinski definition) is 0. The molecule has 0 unspecified atom stereocenters. The highest BCUT2D eigenvalue weighted by Gasteiger charge is 2.13. The SMILES string of the molecule is CCc1cc2c(N(C)C)nc(-c3ccccc3)nc2s1. The van der Waals surface area contributed by atoms with Crippen LogP contribution in [0.25, 0.3) is 21.6 Å². The van der Waals surface area contributed by atoms with Gasteiger partial charge in [0.25, 0.3) is 0 Å². The zero-order valence-corrected chi connectivity index (χ0v) is 12.7. The summed E-state index contributed by atoms with van der Waals surface area (Å²) in [7, 11) is 4.06. The molecular formula is C16H17N3S. The fourth-order valence-corrected chi connectivity index (χ4v) is 3.15. The van der Waals surface area contributed by atoms with Crippen LogP contribution in [0.4, 0.5) is 5.82 Å². The smallest absolute Gasteiger partial charge is 0.163 e. The molecule has 0 atom stereocenters. The van der Waals surface area contributed by atoms with Crippen LogP contribution in [-0.4, -0.2) is 24.1 Å². The number of rotatable bonds is 3.